The van der Waals surface area contributed by atoms with E-state index in [-0.39, 0.29) is 10.6 Å². The number of hydrogen-bond acceptors (Lipinski definition) is 5. The molecule has 1 N–H and O–H groups in total. The summed E-state index contributed by atoms with van der Waals surface area (Å²) in [7, 11) is 0. The van der Waals surface area contributed by atoms with Crippen molar-refractivity contribution < 1.29 is 32.2 Å². The molecule has 1 unspecified atom stereocenters. The fourth-order valence-electron chi connectivity index (χ4n) is 3.68. The van der Waals surface area contributed by atoms with Gasteiger partial charge in [-0.1, -0.05) is 37.3 Å². The number of pyridine rings is 1. The number of amides is 1. The second-order valence-electron chi connectivity index (χ2n) is 7.81. The zero-order valence-electron chi connectivity index (χ0n) is 18.1. The molecule has 0 fully saturated rings. The molecular formula is C24H21F4N3O3. The lowest BCUT2D eigenvalue weighted by atomic mass is 10.0. The van der Waals surface area contributed by atoms with Crippen molar-refractivity contribution in [2.24, 2.45) is 5.10 Å². The van der Waals surface area contributed by atoms with Gasteiger partial charge in [0.25, 0.3) is 18.8 Å². The third kappa shape index (κ3) is 4.33. The summed E-state index contributed by atoms with van der Waals surface area (Å²) in [5.41, 5.74) is -2.98. The molecule has 6 nitrogen and oxygen atoms in total. The van der Waals surface area contributed by atoms with Crippen molar-refractivity contribution in [3.05, 3.63) is 60.2 Å². The highest BCUT2D eigenvalue weighted by Crippen LogP contribution is 2.36. The number of ether oxygens (including phenoxy) is 1. The van der Waals surface area contributed by atoms with Gasteiger partial charge in [-0.25, -0.2) is 22.5 Å². The zero-order chi connectivity index (χ0) is 24.5. The maximum Gasteiger partial charge on any atom is 0.287 e. The summed E-state index contributed by atoms with van der Waals surface area (Å²) >= 11 is 0. The van der Waals surface area contributed by atoms with Crippen molar-refractivity contribution in [2.75, 3.05) is 6.61 Å². The molecule has 0 bridgehead atoms. The van der Waals surface area contributed by atoms with Crippen LogP contribution in [0.25, 0.3) is 22.2 Å². The Hall–Kier alpha value is -3.53. The van der Waals surface area contributed by atoms with Crippen LogP contribution in [-0.4, -0.2) is 51.9 Å². The summed E-state index contributed by atoms with van der Waals surface area (Å²) in [6.45, 7) is 2.47. The third-order valence-corrected chi connectivity index (χ3v) is 5.38. The highest BCUT2D eigenvalue weighted by Gasteiger charge is 2.53. The molecule has 1 aliphatic heterocycles. The average molecular weight is 475 g/mol. The van der Waals surface area contributed by atoms with Crippen LogP contribution in [0.2, 0.25) is 0 Å². The second kappa shape index (κ2) is 9.38. The lowest BCUT2D eigenvalue weighted by molar-refractivity contribution is -0.164. The number of benzene rings is 2. The van der Waals surface area contributed by atoms with Gasteiger partial charge in [0.05, 0.1) is 23.4 Å². The number of fused-ring (bicyclic) bond motifs is 1. The van der Waals surface area contributed by atoms with Crippen molar-refractivity contribution in [3.8, 4) is 17.0 Å². The summed E-state index contributed by atoms with van der Waals surface area (Å²) < 4.78 is 59.5. The molecule has 0 radical (unpaired) electrons. The van der Waals surface area contributed by atoms with E-state index in [4.69, 9.17) is 4.74 Å². The van der Waals surface area contributed by atoms with Gasteiger partial charge in [-0.15, -0.1) is 0 Å². The minimum atomic E-state index is -3.52. The van der Waals surface area contributed by atoms with Crippen LogP contribution in [0.3, 0.4) is 0 Å². The van der Waals surface area contributed by atoms with Crippen LogP contribution >= 0.6 is 0 Å². The molecule has 0 saturated heterocycles. The summed E-state index contributed by atoms with van der Waals surface area (Å²) in [6, 6.07) is 14.8. The van der Waals surface area contributed by atoms with E-state index < -0.39 is 36.6 Å². The van der Waals surface area contributed by atoms with Gasteiger partial charge in [-0.2, -0.15) is 10.1 Å². The van der Waals surface area contributed by atoms with Crippen molar-refractivity contribution in [1.82, 2.24) is 9.99 Å². The first-order valence-electron chi connectivity index (χ1n) is 10.6. The predicted octanol–water partition coefficient (Wildman–Crippen LogP) is 5.11. The van der Waals surface area contributed by atoms with E-state index in [0.29, 0.717) is 34.5 Å². The molecule has 34 heavy (non-hydrogen) atoms. The maximum atomic E-state index is 13.7. The first-order valence-corrected chi connectivity index (χ1v) is 10.6. The summed E-state index contributed by atoms with van der Waals surface area (Å²) in [4.78, 5) is 17.9. The second-order valence-corrected chi connectivity index (χ2v) is 7.81. The van der Waals surface area contributed by atoms with E-state index in [2.05, 4.69) is 10.1 Å². The number of aromatic nitrogens is 1. The Balaban J connectivity index is 1.83. The third-order valence-electron chi connectivity index (χ3n) is 5.38. The van der Waals surface area contributed by atoms with E-state index in [9.17, 15) is 27.5 Å². The van der Waals surface area contributed by atoms with Crippen molar-refractivity contribution in [3.63, 3.8) is 0 Å². The van der Waals surface area contributed by atoms with E-state index in [0.717, 1.165) is 6.42 Å². The first kappa shape index (κ1) is 23.6. The van der Waals surface area contributed by atoms with E-state index in [1.807, 2.05) is 6.92 Å². The number of para-hydroxylation sites is 1. The smallest absolute Gasteiger partial charge is 0.287 e. The number of carbonyl (C=O) groups is 1. The number of hydrazone groups is 1. The SMILES string of the molecule is CCCOc1cccc(-c2cc(C(=O)N3N=C(C(F)F)CC3(O)C(F)F)c3ccccc3n2)c1. The Kier molecular flexibility index (Phi) is 6.52. The zero-order valence-corrected chi connectivity index (χ0v) is 18.1. The quantitative estimate of drug-likeness (QED) is 0.482. The number of hydrogen-bond donors (Lipinski definition) is 1. The van der Waals surface area contributed by atoms with Crippen molar-refractivity contribution in [1.29, 1.82) is 0 Å². The van der Waals surface area contributed by atoms with Gasteiger partial charge in [0.2, 0.25) is 5.72 Å². The molecule has 0 spiro atoms. The molecule has 1 aliphatic rings. The standard InChI is InChI=1S/C24H21F4N3O3/c1-2-10-34-15-7-5-6-14(11-15)19-12-17(16-8-3-4-9-18(16)29-19)22(32)31-24(33,23(27)28)13-20(30-31)21(25)26/h3-9,11-12,21,23,33H,2,10,13H2,1H3. The number of aliphatic hydroxyl groups is 1. The molecule has 1 atom stereocenters. The van der Waals surface area contributed by atoms with Crippen molar-refractivity contribution in [2.45, 2.75) is 38.3 Å². The molecule has 2 heterocycles. The average Bonchev–Trinajstić information content (AvgIpc) is 3.21. The van der Waals surface area contributed by atoms with Gasteiger partial charge in [-0.05, 0) is 30.7 Å². The molecule has 4 rings (SSSR count). The Bertz CT molecular complexity index is 1250. The van der Waals surface area contributed by atoms with Crippen LogP contribution in [0.5, 0.6) is 5.75 Å². The monoisotopic (exact) mass is 475 g/mol. The van der Waals surface area contributed by atoms with Gasteiger partial charge in [-0.3, -0.25) is 4.79 Å². The summed E-state index contributed by atoms with van der Waals surface area (Å²) in [5, 5.41) is 14.2. The lowest BCUT2D eigenvalue weighted by Gasteiger charge is -2.30. The normalized spacial score (nSPS) is 18.1. The molecular weight excluding hydrogens is 454 g/mol. The van der Waals surface area contributed by atoms with Gasteiger partial charge in [0, 0.05) is 17.4 Å². The van der Waals surface area contributed by atoms with Crippen LogP contribution in [0.1, 0.15) is 30.1 Å². The molecule has 3 aromatic rings. The van der Waals surface area contributed by atoms with Gasteiger partial charge in [0.1, 0.15) is 11.5 Å². The molecule has 1 amide bonds. The van der Waals surface area contributed by atoms with Crippen LogP contribution in [0.4, 0.5) is 17.6 Å². The largest absolute Gasteiger partial charge is 0.494 e. The van der Waals surface area contributed by atoms with Gasteiger partial charge in [0.15, 0.2) is 0 Å². The molecule has 178 valence electrons. The number of carbonyl (C=O) groups excluding carboxylic acids is 1. The minimum absolute atomic E-state index is 0.0610. The van der Waals surface area contributed by atoms with Gasteiger partial charge >= 0.3 is 0 Å². The number of rotatable bonds is 7. The van der Waals surface area contributed by atoms with Crippen molar-refractivity contribution >= 4 is 22.5 Å². The number of halogens is 4. The van der Waals surface area contributed by atoms with Crippen LogP contribution in [0.15, 0.2) is 59.7 Å². The van der Waals surface area contributed by atoms with Gasteiger partial charge < -0.3 is 9.84 Å². The molecule has 2 aromatic carbocycles. The Morgan fingerprint density at radius 1 is 1.15 bits per heavy atom. The Morgan fingerprint density at radius 3 is 2.62 bits per heavy atom. The predicted molar refractivity (Wildman–Crippen MR) is 118 cm³/mol. The fraction of sp³-hybridized carbons (Fsp3) is 0.292. The maximum absolute atomic E-state index is 13.7. The summed E-state index contributed by atoms with van der Waals surface area (Å²) in [5.74, 6) is -0.559. The van der Waals surface area contributed by atoms with Crippen LogP contribution in [-0.2, 0) is 0 Å². The molecule has 1 aromatic heterocycles. The number of nitrogens with zero attached hydrogens (tertiary/aromatic N) is 3. The van der Waals surface area contributed by atoms with Crippen LogP contribution < -0.4 is 4.74 Å². The summed E-state index contributed by atoms with van der Waals surface area (Å²) in [6.07, 6.45) is -7.06. The topological polar surface area (TPSA) is 75.0 Å². The van der Waals surface area contributed by atoms with E-state index in [1.165, 1.54) is 6.07 Å². The highest BCUT2D eigenvalue weighted by atomic mass is 19.3. The fourth-order valence-corrected chi connectivity index (χ4v) is 3.68. The first-order chi connectivity index (χ1) is 16.2. The Morgan fingerprint density at radius 2 is 1.91 bits per heavy atom. The Labute approximate surface area is 192 Å². The molecule has 0 saturated carbocycles. The molecule has 0 aliphatic carbocycles. The number of alkyl halides is 4. The van der Waals surface area contributed by atoms with E-state index >= 15 is 0 Å². The van der Waals surface area contributed by atoms with Crippen LogP contribution in [0, 0.1) is 0 Å². The van der Waals surface area contributed by atoms with E-state index in [1.54, 1.807) is 48.5 Å². The highest BCUT2D eigenvalue weighted by molar-refractivity contribution is 6.08. The minimum Gasteiger partial charge on any atom is -0.494 e. The molecule has 10 heteroatoms. The lowest BCUT2D eigenvalue weighted by Crippen LogP contribution is -2.51.